The Morgan fingerprint density at radius 1 is 1.39 bits per heavy atom. The number of amides is 1. The van der Waals surface area contributed by atoms with Gasteiger partial charge in [-0.2, -0.15) is 0 Å². The van der Waals surface area contributed by atoms with Crippen molar-refractivity contribution < 1.29 is 13.2 Å². The molecule has 1 aromatic rings. The van der Waals surface area contributed by atoms with E-state index in [-0.39, 0.29) is 10.8 Å². The first-order valence-corrected chi connectivity index (χ1v) is 8.06. The van der Waals surface area contributed by atoms with E-state index < -0.39 is 10.0 Å². The predicted molar refractivity (Wildman–Crippen MR) is 73.4 cm³/mol. The van der Waals surface area contributed by atoms with Crippen LogP contribution in [0.1, 0.15) is 13.8 Å². The molecule has 0 heterocycles. The van der Waals surface area contributed by atoms with Crippen molar-refractivity contribution in [2.75, 3.05) is 18.1 Å². The molecule has 0 saturated heterocycles. The van der Waals surface area contributed by atoms with Crippen LogP contribution < -0.4 is 10.0 Å². The highest BCUT2D eigenvalue weighted by atomic mass is 32.2. The number of anilines is 1. The Balaban J connectivity index is 3.22. The lowest BCUT2D eigenvalue weighted by Gasteiger charge is -2.11. The van der Waals surface area contributed by atoms with Crippen molar-refractivity contribution in [3.05, 3.63) is 18.2 Å². The molecular formula is C11H16N2O3S2. The average molecular weight is 288 g/mol. The summed E-state index contributed by atoms with van der Waals surface area (Å²) in [4.78, 5) is 12.0. The zero-order chi connectivity index (χ0) is 13.8. The fourth-order valence-electron chi connectivity index (χ4n) is 1.41. The Bertz CT molecular complexity index is 541. The smallest absolute Gasteiger partial charge is 0.240 e. The molecule has 0 aliphatic heterocycles. The van der Waals surface area contributed by atoms with Gasteiger partial charge in [0.25, 0.3) is 0 Å². The molecule has 0 radical (unpaired) electrons. The van der Waals surface area contributed by atoms with Crippen LogP contribution in [0.3, 0.4) is 0 Å². The van der Waals surface area contributed by atoms with Gasteiger partial charge in [0.15, 0.2) is 0 Å². The van der Waals surface area contributed by atoms with Gasteiger partial charge in [-0.3, -0.25) is 4.79 Å². The minimum atomic E-state index is -3.50. The number of hydrogen-bond acceptors (Lipinski definition) is 4. The first-order valence-electron chi connectivity index (χ1n) is 5.36. The second-order valence-corrected chi connectivity index (χ2v) is 6.16. The topological polar surface area (TPSA) is 75.3 Å². The first-order chi connectivity index (χ1) is 8.40. The van der Waals surface area contributed by atoms with E-state index in [1.807, 2.05) is 6.26 Å². The highest BCUT2D eigenvalue weighted by Gasteiger charge is 2.15. The first kappa shape index (κ1) is 15.0. The zero-order valence-electron chi connectivity index (χ0n) is 10.5. The monoisotopic (exact) mass is 288 g/mol. The molecule has 0 aliphatic rings. The summed E-state index contributed by atoms with van der Waals surface area (Å²) < 4.78 is 26.1. The molecule has 7 heteroatoms. The van der Waals surface area contributed by atoms with Crippen LogP contribution in [0, 0.1) is 0 Å². The van der Waals surface area contributed by atoms with E-state index in [4.69, 9.17) is 0 Å². The summed E-state index contributed by atoms with van der Waals surface area (Å²) in [5.74, 6) is -0.233. The summed E-state index contributed by atoms with van der Waals surface area (Å²) in [7, 11) is -3.50. The largest absolute Gasteiger partial charge is 0.325 e. The van der Waals surface area contributed by atoms with Crippen LogP contribution in [0.5, 0.6) is 0 Å². The van der Waals surface area contributed by atoms with E-state index in [0.717, 1.165) is 4.90 Å². The molecular weight excluding hydrogens is 272 g/mol. The molecule has 0 fully saturated rings. The quantitative estimate of drug-likeness (QED) is 0.808. The Morgan fingerprint density at radius 2 is 2.06 bits per heavy atom. The van der Waals surface area contributed by atoms with Crippen molar-refractivity contribution in [3.63, 3.8) is 0 Å². The van der Waals surface area contributed by atoms with Crippen LogP contribution in [0.4, 0.5) is 5.69 Å². The summed E-state index contributed by atoms with van der Waals surface area (Å²) in [6, 6.07) is 4.67. The number of sulfonamides is 1. The Labute approximate surface area is 111 Å². The lowest BCUT2D eigenvalue weighted by Crippen LogP contribution is -2.23. The molecule has 0 saturated carbocycles. The predicted octanol–water partition coefficient (Wildman–Crippen LogP) is 1.67. The molecule has 0 aromatic heterocycles. The number of hydrogen-bond donors (Lipinski definition) is 2. The molecule has 2 N–H and O–H groups in total. The molecule has 18 heavy (non-hydrogen) atoms. The molecule has 1 rings (SSSR count). The van der Waals surface area contributed by atoms with Gasteiger partial charge in [0.05, 0.1) is 10.6 Å². The number of benzene rings is 1. The van der Waals surface area contributed by atoms with E-state index in [9.17, 15) is 13.2 Å². The molecule has 0 unspecified atom stereocenters. The molecule has 1 aromatic carbocycles. The number of rotatable bonds is 5. The lowest BCUT2D eigenvalue weighted by molar-refractivity contribution is -0.114. The molecule has 100 valence electrons. The van der Waals surface area contributed by atoms with Gasteiger partial charge in [-0.1, -0.05) is 6.92 Å². The van der Waals surface area contributed by atoms with Crippen molar-refractivity contribution in [1.82, 2.24) is 4.72 Å². The molecule has 1 amide bonds. The van der Waals surface area contributed by atoms with Crippen LogP contribution in [0.25, 0.3) is 0 Å². The summed E-state index contributed by atoms with van der Waals surface area (Å²) >= 11 is 1.44. The van der Waals surface area contributed by atoms with Gasteiger partial charge < -0.3 is 5.32 Å². The van der Waals surface area contributed by atoms with E-state index in [0.29, 0.717) is 12.2 Å². The van der Waals surface area contributed by atoms with Crippen LogP contribution in [0.15, 0.2) is 28.0 Å². The van der Waals surface area contributed by atoms with Gasteiger partial charge in [0, 0.05) is 18.4 Å². The highest BCUT2D eigenvalue weighted by Crippen LogP contribution is 2.28. The number of thioether (sulfide) groups is 1. The SMILES string of the molecule is CCNS(=O)(=O)c1ccc(SC)c(NC(C)=O)c1. The number of carbonyl (C=O) groups is 1. The second kappa shape index (κ2) is 6.21. The van der Waals surface area contributed by atoms with Gasteiger partial charge >= 0.3 is 0 Å². The van der Waals surface area contributed by atoms with Crippen LogP contribution in [-0.4, -0.2) is 27.1 Å². The van der Waals surface area contributed by atoms with Crippen molar-refractivity contribution in [3.8, 4) is 0 Å². The van der Waals surface area contributed by atoms with Gasteiger partial charge in [-0.25, -0.2) is 13.1 Å². The third-order valence-corrected chi connectivity index (χ3v) is 4.47. The summed E-state index contributed by atoms with van der Waals surface area (Å²) in [5.41, 5.74) is 0.508. The van der Waals surface area contributed by atoms with E-state index in [2.05, 4.69) is 10.0 Å². The molecule has 0 spiro atoms. The second-order valence-electron chi connectivity index (χ2n) is 3.54. The zero-order valence-corrected chi connectivity index (χ0v) is 12.1. The van der Waals surface area contributed by atoms with Crippen LogP contribution >= 0.6 is 11.8 Å². The van der Waals surface area contributed by atoms with Gasteiger partial charge in [-0.05, 0) is 24.5 Å². The highest BCUT2D eigenvalue weighted by molar-refractivity contribution is 7.98. The maximum Gasteiger partial charge on any atom is 0.240 e. The minimum absolute atomic E-state index is 0.144. The molecule has 0 aliphatic carbocycles. The number of carbonyl (C=O) groups excluding carboxylic acids is 1. The number of nitrogens with one attached hydrogen (secondary N) is 2. The molecule has 0 atom stereocenters. The normalized spacial score (nSPS) is 11.3. The fourth-order valence-corrected chi connectivity index (χ4v) is 3.02. The van der Waals surface area contributed by atoms with E-state index in [1.54, 1.807) is 13.0 Å². The Morgan fingerprint density at radius 3 is 2.56 bits per heavy atom. The lowest BCUT2D eigenvalue weighted by atomic mass is 10.3. The standard InChI is InChI=1S/C11H16N2O3S2/c1-4-12-18(15,16)9-5-6-11(17-3)10(7-9)13-8(2)14/h5-7,12H,4H2,1-3H3,(H,13,14). The van der Waals surface area contributed by atoms with Gasteiger partial charge in [0.2, 0.25) is 15.9 Å². The maximum atomic E-state index is 11.8. The van der Waals surface area contributed by atoms with Crippen molar-refractivity contribution in [2.45, 2.75) is 23.6 Å². The molecule has 5 nitrogen and oxygen atoms in total. The Kier molecular flexibility index (Phi) is 5.18. The maximum absolute atomic E-state index is 11.8. The van der Waals surface area contributed by atoms with Crippen molar-refractivity contribution in [1.29, 1.82) is 0 Å². The third-order valence-electron chi connectivity index (χ3n) is 2.13. The van der Waals surface area contributed by atoms with Crippen molar-refractivity contribution >= 4 is 33.4 Å². The summed E-state index contributed by atoms with van der Waals surface area (Å²) in [6.45, 7) is 3.42. The average Bonchev–Trinajstić information content (AvgIpc) is 2.28. The van der Waals surface area contributed by atoms with Crippen molar-refractivity contribution in [2.24, 2.45) is 0 Å². The third kappa shape index (κ3) is 3.72. The van der Waals surface area contributed by atoms with Gasteiger partial charge in [-0.15, -0.1) is 11.8 Å². The van der Waals surface area contributed by atoms with E-state index in [1.165, 1.54) is 30.8 Å². The summed E-state index contributed by atoms with van der Waals surface area (Å²) in [6.07, 6.45) is 1.86. The van der Waals surface area contributed by atoms with Gasteiger partial charge in [0.1, 0.15) is 0 Å². The Hall–Kier alpha value is -1.05. The van der Waals surface area contributed by atoms with Crippen LogP contribution in [0.2, 0.25) is 0 Å². The molecule has 0 bridgehead atoms. The van der Waals surface area contributed by atoms with E-state index >= 15 is 0 Å². The van der Waals surface area contributed by atoms with Crippen LogP contribution in [-0.2, 0) is 14.8 Å². The minimum Gasteiger partial charge on any atom is -0.325 e. The fraction of sp³-hybridized carbons (Fsp3) is 0.364. The summed E-state index contributed by atoms with van der Waals surface area (Å²) in [5, 5.41) is 2.63.